The molecule has 0 spiro atoms. The van der Waals surface area contributed by atoms with Crippen molar-refractivity contribution < 1.29 is 4.79 Å². The third-order valence-electron chi connectivity index (χ3n) is 3.46. The molecule has 2 aromatic carbocycles. The van der Waals surface area contributed by atoms with Gasteiger partial charge in [0.05, 0.1) is 0 Å². The number of primary amides is 1. The van der Waals surface area contributed by atoms with E-state index in [1.165, 1.54) is 0 Å². The summed E-state index contributed by atoms with van der Waals surface area (Å²) in [6.45, 7) is 3.73. The highest BCUT2D eigenvalue weighted by Crippen LogP contribution is 2.37. The molecule has 0 atom stereocenters. The van der Waals surface area contributed by atoms with Gasteiger partial charge in [0, 0.05) is 25.4 Å². The fourth-order valence-corrected chi connectivity index (χ4v) is 3.39. The second kappa shape index (κ2) is 6.75. The first kappa shape index (κ1) is 16.9. The monoisotopic (exact) mass is 378 g/mol. The predicted octanol–water partition coefficient (Wildman–Crippen LogP) is 4.24. The zero-order valence-electron chi connectivity index (χ0n) is 12.6. The summed E-state index contributed by atoms with van der Waals surface area (Å²) >= 11 is 5.02. The van der Waals surface area contributed by atoms with Crippen molar-refractivity contribution in [3.05, 3.63) is 52.5 Å². The molecule has 4 N–H and O–H groups in total. The van der Waals surface area contributed by atoms with E-state index in [0.717, 1.165) is 25.5 Å². The summed E-state index contributed by atoms with van der Waals surface area (Å²) in [6.07, 6.45) is 0.599. The molecule has 2 rings (SSSR count). The SMILES string of the molecule is CC(C)(Cc1ccccc1Sc1ccc(Br)cc1N)C(N)=O. The minimum atomic E-state index is -0.581. The highest BCUT2D eigenvalue weighted by Gasteiger charge is 2.26. The maximum Gasteiger partial charge on any atom is 0.223 e. The minimum absolute atomic E-state index is 0.296. The molecule has 0 heterocycles. The third-order valence-corrected chi connectivity index (χ3v) is 5.17. The number of anilines is 1. The van der Waals surface area contributed by atoms with E-state index in [1.54, 1.807) is 11.8 Å². The number of hydrogen-bond donors (Lipinski definition) is 2. The Bertz CT molecular complexity index is 701. The van der Waals surface area contributed by atoms with Crippen molar-refractivity contribution in [1.82, 2.24) is 0 Å². The molecule has 0 aromatic heterocycles. The second-order valence-electron chi connectivity index (χ2n) is 5.82. The van der Waals surface area contributed by atoms with Crippen LogP contribution >= 0.6 is 27.7 Å². The molecule has 2 aromatic rings. The van der Waals surface area contributed by atoms with Gasteiger partial charge in [0.15, 0.2) is 0 Å². The maximum atomic E-state index is 11.6. The Labute approximate surface area is 143 Å². The van der Waals surface area contributed by atoms with Crippen LogP contribution in [-0.2, 0) is 11.2 Å². The maximum absolute atomic E-state index is 11.6. The minimum Gasteiger partial charge on any atom is -0.398 e. The van der Waals surface area contributed by atoms with Gasteiger partial charge in [-0.3, -0.25) is 4.79 Å². The molecule has 0 aliphatic carbocycles. The first-order chi connectivity index (χ1) is 10.3. The van der Waals surface area contributed by atoms with E-state index in [2.05, 4.69) is 15.9 Å². The van der Waals surface area contributed by atoms with E-state index in [0.29, 0.717) is 6.42 Å². The summed E-state index contributed by atoms with van der Waals surface area (Å²) in [5.41, 5.74) is 12.8. The van der Waals surface area contributed by atoms with Crippen LogP contribution in [0.1, 0.15) is 19.4 Å². The summed E-state index contributed by atoms with van der Waals surface area (Å²) in [5.74, 6) is -0.296. The number of nitrogens with two attached hydrogens (primary N) is 2. The number of carbonyl (C=O) groups is 1. The molecule has 0 saturated carbocycles. The smallest absolute Gasteiger partial charge is 0.223 e. The molecule has 0 saturated heterocycles. The van der Waals surface area contributed by atoms with E-state index in [1.807, 2.05) is 56.3 Å². The number of nitrogen functional groups attached to an aromatic ring is 1. The van der Waals surface area contributed by atoms with Gasteiger partial charge in [-0.15, -0.1) is 0 Å². The van der Waals surface area contributed by atoms with Crippen molar-refractivity contribution in [2.45, 2.75) is 30.1 Å². The second-order valence-corrected chi connectivity index (χ2v) is 7.82. The fourth-order valence-electron chi connectivity index (χ4n) is 2.04. The Balaban J connectivity index is 2.31. The highest BCUT2D eigenvalue weighted by molar-refractivity contribution is 9.10. The molecular weight excluding hydrogens is 360 g/mol. The summed E-state index contributed by atoms with van der Waals surface area (Å²) in [4.78, 5) is 13.7. The number of benzene rings is 2. The topological polar surface area (TPSA) is 69.1 Å². The van der Waals surface area contributed by atoms with Gasteiger partial charge < -0.3 is 11.5 Å². The van der Waals surface area contributed by atoms with Crippen LogP contribution in [-0.4, -0.2) is 5.91 Å². The number of hydrogen-bond acceptors (Lipinski definition) is 3. The molecule has 1 amide bonds. The Hall–Kier alpha value is -1.46. The Morgan fingerprint density at radius 1 is 1.18 bits per heavy atom. The van der Waals surface area contributed by atoms with E-state index in [4.69, 9.17) is 11.5 Å². The van der Waals surface area contributed by atoms with Gasteiger partial charge in [0.25, 0.3) is 0 Å². The van der Waals surface area contributed by atoms with Gasteiger partial charge in [-0.05, 0) is 36.2 Å². The Kier molecular flexibility index (Phi) is 5.19. The summed E-state index contributed by atoms with van der Waals surface area (Å²) in [6, 6.07) is 13.9. The van der Waals surface area contributed by atoms with Crippen LogP contribution in [0.5, 0.6) is 0 Å². The van der Waals surface area contributed by atoms with Gasteiger partial charge in [-0.25, -0.2) is 0 Å². The van der Waals surface area contributed by atoms with Gasteiger partial charge >= 0.3 is 0 Å². The number of carbonyl (C=O) groups excluding carboxylic acids is 1. The van der Waals surface area contributed by atoms with Crippen LogP contribution < -0.4 is 11.5 Å². The normalized spacial score (nSPS) is 11.4. The molecule has 0 fully saturated rings. The molecule has 0 radical (unpaired) electrons. The molecule has 22 heavy (non-hydrogen) atoms. The van der Waals surface area contributed by atoms with Crippen molar-refractivity contribution in [1.29, 1.82) is 0 Å². The number of rotatable bonds is 5. The highest BCUT2D eigenvalue weighted by atomic mass is 79.9. The predicted molar refractivity (Wildman–Crippen MR) is 95.8 cm³/mol. The van der Waals surface area contributed by atoms with Crippen molar-refractivity contribution >= 4 is 39.3 Å². The lowest BCUT2D eigenvalue weighted by Gasteiger charge is -2.22. The van der Waals surface area contributed by atoms with Crippen molar-refractivity contribution in [3.8, 4) is 0 Å². The lowest BCUT2D eigenvalue weighted by Crippen LogP contribution is -2.33. The molecule has 0 aliphatic rings. The molecule has 116 valence electrons. The largest absolute Gasteiger partial charge is 0.398 e. The number of halogens is 1. The molecule has 0 aliphatic heterocycles. The lowest BCUT2D eigenvalue weighted by molar-refractivity contribution is -0.125. The van der Waals surface area contributed by atoms with E-state index < -0.39 is 5.41 Å². The zero-order valence-corrected chi connectivity index (χ0v) is 15.0. The third kappa shape index (κ3) is 4.05. The van der Waals surface area contributed by atoms with Crippen molar-refractivity contribution in [2.75, 3.05) is 5.73 Å². The van der Waals surface area contributed by atoms with Gasteiger partial charge in [0.1, 0.15) is 0 Å². The van der Waals surface area contributed by atoms with Crippen LogP contribution in [0.3, 0.4) is 0 Å². The standard InChI is InChI=1S/C17H19BrN2OS/c1-17(2,16(20)21)10-11-5-3-4-6-14(11)22-15-8-7-12(18)9-13(15)19/h3-9H,10,19H2,1-2H3,(H2,20,21). The molecule has 0 unspecified atom stereocenters. The van der Waals surface area contributed by atoms with Gasteiger partial charge in [0.2, 0.25) is 5.91 Å². The van der Waals surface area contributed by atoms with Crippen LogP contribution in [0, 0.1) is 5.41 Å². The van der Waals surface area contributed by atoms with E-state index >= 15 is 0 Å². The van der Waals surface area contributed by atoms with Crippen LogP contribution in [0.2, 0.25) is 0 Å². The summed E-state index contributed by atoms with van der Waals surface area (Å²) in [5, 5.41) is 0. The summed E-state index contributed by atoms with van der Waals surface area (Å²) in [7, 11) is 0. The van der Waals surface area contributed by atoms with Crippen LogP contribution in [0.25, 0.3) is 0 Å². The fraction of sp³-hybridized carbons (Fsp3) is 0.235. The van der Waals surface area contributed by atoms with Gasteiger partial charge in [-0.1, -0.05) is 59.7 Å². The summed E-state index contributed by atoms with van der Waals surface area (Å²) < 4.78 is 0.956. The Morgan fingerprint density at radius 2 is 1.86 bits per heavy atom. The average molecular weight is 379 g/mol. The molecule has 3 nitrogen and oxygen atoms in total. The Morgan fingerprint density at radius 3 is 2.50 bits per heavy atom. The van der Waals surface area contributed by atoms with E-state index in [9.17, 15) is 4.79 Å². The van der Waals surface area contributed by atoms with E-state index in [-0.39, 0.29) is 5.91 Å². The zero-order chi connectivity index (χ0) is 16.3. The first-order valence-electron chi connectivity index (χ1n) is 6.90. The molecular formula is C17H19BrN2OS. The van der Waals surface area contributed by atoms with Gasteiger partial charge in [-0.2, -0.15) is 0 Å². The number of amides is 1. The molecule has 0 bridgehead atoms. The van der Waals surface area contributed by atoms with Crippen LogP contribution in [0.15, 0.2) is 56.7 Å². The van der Waals surface area contributed by atoms with Crippen molar-refractivity contribution in [2.24, 2.45) is 11.1 Å². The average Bonchev–Trinajstić information content (AvgIpc) is 2.43. The quantitative estimate of drug-likeness (QED) is 0.764. The first-order valence-corrected chi connectivity index (χ1v) is 8.51. The lowest BCUT2D eigenvalue weighted by atomic mass is 9.85. The van der Waals surface area contributed by atoms with Crippen molar-refractivity contribution in [3.63, 3.8) is 0 Å². The van der Waals surface area contributed by atoms with Crippen LogP contribution in [0.4, 0.5) is 5.69 Å². The molecule has 5 heteroatoms.